The van der Waals surface area contributed by atoms with Crippen LogP contribution in [0.3, 0.4) is 0 Å². The van der Waals surface area contributed by atoms with E-state index in [9.17, 15) is 9.59 Å². The number of fused-ring (bicyclic) bond motifs is 1. The van der Waals surface area contributed by atoms with E-state index >= 15 is 0 Å². The molecule has 0 saturated heterocycles. The average molecular weight is 484 g/mol. The van der Waals surface area contributed by atoms with E-state index in [1.54, 1.807) is 25.1 Å². The number of carbonyl (C=O) groups excluding carboxylic acids is 1. The van der Waals surface area contributed by atoms with Crippen LogP contribution < -0.4 is 5.32 Å². The molecule has 0 aliphatic heterocycles. The second kappa shape index (κ2) is 9.71. The first-order valence-electron chi connectivity index (χ1n) is 11.0. The van der Waals surface area contributed by atoms with Crippen LogP contribution in [-0.2, 0) is 16.0 Å². The highest BCUT2D eigenvalue weighted by Gasteiger charge is 2.22. The van der Waals surface area contributed by atoms with Gasteiger partial charge in [0.25, 0.3) is 0 Å². The molecule has 0 aliphatic carbocycles. The second-order valence-electron chi connectivity index (χ2n) is 8.04. The number of anilines is 1. The molecule has 0 radical (unpaired) electrons. The van der Waals surface area contributed by atoms with E-state index in [1.165, 1.54) is 6.20 Å². The van der Waals surface area contributed by atoms with E-state index in [-0.39, 0.29) is 12.2 Å². The zero-order valence-electron chi connectivity index (χ0n) is 19.0. The van der Waals surface area contributed by atoms with Crippen molar-refractivity contribution in [2.75, 3.05) is 5.32 Å². The van der Waals surface area contributed by atoms with Crippen LogP contribution in [0, 0.1) is 0 Å². The van der Waals surface area contributed by atoms with E-state index in [0.717, 1.165) is 16.7 Å². The lowest BCUT2D eigenvalue weighted by atomic mass is 9.99. The Kier molecular flexibility index (Phi) is 6.14. The number of aliphatic carboxylic acids is 1. The summed E-state index contributed by atoms with van der Waals surface area (Å²) in [5.74, 6) is -0.631. The summed E-state index contributed by atoms with van der Waals surface area (Å²) >= 11 is 0. The van der Waals surface area contributed by atoms with Crippen molar-refractivity contribution in [2.45, 2.75) is 19.4 Å². The van der Waals surface area contributed by atoms with Gasteiger partial charge in [0, 0.05) is 5.56 Å². The van der Waals surface area contributed by atoms with Crippen LogP contribution in [0.1, 0.15) is 24.2 Å². The lowest BCUT2D eigenvalue weighted by molar-refractivity contribution is -0.136. The molecule has 2 heterocycles. The third kappa shape index (κ3) is 4.64. The molecule has 0 aliphatic rings. The number of ether oxygens (including phenoxy) is 1. The molecule has 0 bridgehead atoms. The van der Waals surface area contributed by atoms with Gasteiger partial charge in [-0.1, -0.05) is 65.8 Å². The predicted octanol–water partition coefficient (Wildman–Crippen LogP) is 5.48. The van der Waals surface area contributed by atoms with Gasteiger partial charge in [0.15, 0.2) is 5.76 Å². The summed E-state index contributed by atoms with van der Waals surface area (Å²) in [6, 6.07) is 20.1. The van der Waals surface area contributed by atoms with Crippen molar-refractivity contribution >= 4 is 28.8 Å². The number of nitrogens with zero attached hydrogens (tertiary/aromatic N) is 3. The molecule has 36 heavy (non-hydrogen) atoms. The molecule has 1 unspecified atom stereocenters. The smallest absolute Gasteiger partial charge is 0.412 e. The summed E-state index contributed by atoms with van der Waals surface area (Å²) in [5, 5.41) is 23.5. The van der Waals surface area contributed by atoms with Gasteiger partial charge >= 0.3 is 12.1 Å². The van der Waals surface area contributed by atoms with Gasteiger partial charge in [-0.05, 0) is 40.0 Å². The van der Waals surface area contributed by atoms with E-state index < -0.39 is 18.2 Å². The molecule has 2 N–H and O–H groups in total. The maximum atomic E-state index is 12.5. The maximum Gasteiger partial charge on any atom is 0.412 e. The molecule has 180 valence electrons. The molecule has 0 fully saturated rings. The molecule has 5 aromatic rings. The van der Waals surface area contributed by atoms with Gasteiger partial charge in [0.2, 0.25) is 0 Å². The second-order valence-corrected chi connectivity index (χ2v) is 8.04. The van der Waals surface area contributed by atoms with E-state index in [4.69, 9.17) is 19.0 Å². The van der Waals surface area contributed by atoms with Gasteiger partial charge in [0.05, 0.1) is 18.2 Å². The first kappa shape index (κ1) is 22.8. The molecule has 0 saturated carbocycles. The minimum atomic E-state index is -0.898. The SMILES string of the molecule is CC(OC(=O)Nc1cnoc1-c1ccc(-c2ccc(CC(=O)O)cc2)c2nonc12)c1ccccc1. The Morgan fingerprint density at radius 1 is 0.972 bits per heavy atom. The van der Waals surface area contributed by atoms with Crippen LogP contribution in [0.2, 0.25) is 0 Å². The Bertz CT molecular complexity index is 1530. The highest BCUT2D eigenvalue weighted by atomic mass is 16.6. The number of carbonyl (C=O) groups is 2. The van der Waals surface area contributed by atoms with E-state index in [0.29, 0.717) is 27.8 Å². The van der Waals surface area contributed by atoms with Crippen LogP contribution in [0.4, 0.5) is 10.5 Å². The molecule has 5 rings (SSSR count). The summed E-state index contributed by atoms with van der Waals surface area (Å²) in [6.45, 7) is 1.78. The highest BCUT2D eigenvalue weighted by molar-refractivity contribution is 6.02. The van der Waals surface area contributed by atoms with E-state index in [1.807, 2.05) is 48.5 Å². The number of aromatic nitrogens is 3. The molecular formula is C26H20N4O6. The van der Waals surface area contributed by atoms with Crippen molar-refractivity contribution in [2.24, 2.45) is 0 Å². The number of rotatable bonds is 7. The summed E-state index contributed by atoms with van der Waals surface area (Å²) in [5.41, 5.74) is 4.79. The zero-order valence-corrected chi connectivity index (χ0v) is 19.0. The van der Waals surface area contributed by atoms with Crippen molar-refractivity contribution in [3.05, 3.63) is 84.1 Å². The molecule has 10 nitrogen and oxygen atoms in total. The van der Waals surface area contributed by atoms with Gasteiger partial charge in [-0.2, -0.15) is 0 Å². The summed E-state index contributed by atoms with van der Waals surface area (Å²) < 4.78 is 15.9. The van der Waals surface area contributed by atoms with Crippen LogP contribution in [0.5, 0.6) is 0 Å². The first-order valence-corrected chi connectivity index (χ1v) is 11.0. The van der Waals surface area contributed by atoms with Crippen LogP contribution in [-0.4, -0.2) is 32.6 Å². The largest absolute Gasteiger partial charge is 0.481 e. The monoisotopic (exact) mass is 484 g/mol. The molecule has 2 aromatic heterocycles. The minimum absolute atomic E-state index is 0.0615. The predicted molar refractivity (Wildman–Crippen MR) is 129 cm³/mol. The summed E-state index contributed by atoms with van der Waals surface area (Å²) in [4.78, 5) is 23.5. The Morgan fingerprint density at radius 3 is 2.39 bits per heavy atom. The molecule has 1 amide bonds. The normalized spacial score (nSPS) is 11.8. The lowest BCUT2D eigenvalue weighted by Gasteiger charge is -2.14. The number of carboxylic acid groups (broad SMARTS) is 1. The number of hydrogen-bond acceptors (Lipinski definition) is 8. The maximum absolute atomic E-state index is 12.5. The third-order valence-electron chi connectivity index (χ3n) is 5.64. The Hall–Kier alpha value is -4.99. The highest BCUT2D eigenvalue weighted by Crippen LogP contribution is 2.37. The number of carboxylic acids is 1. The van der Waals surface area contributed by atoms with Gasteiger partial charge in [-0.3, -0.25) is 10.1 Å². The van der Waals surface area contributed by atoms with E-state index in [2.05, 4.69) is 20.8 Å². The number of amides is 1. The van der Waals surface area contributed by atoms with Crippen LogP contribution >= 0.6 is 0 Å². The van der Waals surface area contributed by atoms with Crippen molar-refractivity contribution in [3.63, 3.8) is 0 Å². The molecule has 3 aromatic carbocycles. The third-order valence-corrected chi connectivity index (χ3v) is 5.64. The molecule has 0 spiro atoms. The fourth-order valence-corrected chi connectivity index (χ4v) is 3.87. The fraction of sp³-hybridized carbons (Fsp3) is 0.115. The van der Waals surface area contributed by atoms with Crippen molar-refractivity contribution < 1.29 is 28.6 Å². The standard InChI is InChI=1S/C26H20N4O6/c1-15(17-5-3-2-4-6-17)34-26(33)28-21-14-27-35-25(21)20-12-11-19(23-24(20)30-36-29-23)18-9-7-16(8-10-18)13-22(31)32/h2-12,14-15H,13H2,1H3,(H,28,33)(H,31,32). The molecular weight excluding hydrogens is 464 g/mol. The van der Waals surface area contributed by atoms with Gasteiger partial charge < -0.3 is 14.4 Å². The topological polar surface area (TPSA) is 141 Å². The molecule has 10 heteroatoms. The van der Waals surface area contributed by atoms with Crippen molar-refractivity contribution in [3.8, 4) is 22.5 Å². The quantitative estimate of drug-likeness (QED) is 0.307. The van der Waals surface area contributed by atoms with Gasteiger partial charge in [-0.25, -0.2) is 9.42 Å². The number of benzene rings is 3. The Labute approximate surface area is 204 Å². The lowest BCUT2D eigenvalue weighted by Crippen LogP contribution is -2.16. The Morgan fingerprint density at radius 2 is 1.67 bits per heavy atom. The minimum Gasteiger partial charge on any atom is -0.481 e. The van der Waals surface area contributed by atoms with Gasteiger partial charge in [0.1, 0.15) is 22.8 Å². The summed E-state index contributed by atoms with van der Waals surface area (Å²) in [6.07, 6.45) is 0.192. The fourth-order valence-electron chi connectivity index (χ4n) is 3.87. The van der Waals surface area contributed by atoms with Crippen LogP contribution in [0.15, 0.2) is 82.1 Å². The van der Waals surface area contributed by atoms with Gasteiger partial charge in [-0.15, -0.1) is 0 Å². The zero-order chi connectivity index (χ0) is 25.1. The molecule has 1 atom stereocenters. The average Bonchev–Trinajstić information content (AvgIpc) is 3.54. The number of nitrogens with one attached hydrogen (secondary N) is 1. The van der Waals surface area contributed by atoms with Crippen LogP contribution in [0.25, 0.3) is 33.5 Å². The first-order chi connectivity index (χ1) is 17.5. The van der Waals surface area contributed by atoms with Crippen molar-refractivity contribution in [1.29, 1.82) is 0 Å². The Balaban J connectivity index is 1.40. The van der Waals surface area contributed by atoms with Crippen molar-refractivity contribution in [1.82, 2.24) is 15.5 Å². The summed E-state index contributed by atoms with van der Waals surface area (Å²) in [7, 11) is 0. The number of hydrogen-bond donors (Lipinski definition) is 2.